The van der Waals surface area contributed by atoms with Crippen molar-refractivity contribution >= 4 is 0 Å². The van der Waals surface area contributed by atoms with Crippen LogP contribution in [-0.4, -0.2) is 23.4 Å². The molecule has 0 saturated heterocycles. The van der Waals surface area contributed by atoms with Gasteiger partial charge in [0, 0.05) is 13.2 Å². The topological polar surface area (TPSA) is 40.5 Å². The average Bonchev–Trinajstić information content (AvgIpc) is 2.31. The van der Waals surface area contributed by atoms with Crippen LogP contribution in [0, 0.1) is 11.7 Å². The summed E-state index contributed by atoms with van der Waals surface area (Å²) in [6.45, 7) is 0.345. The van der Waals surface area contributed by atoms with Gasteiger partial charge in [-0.3, -0.25) is 0 Å². The van der Waals surface area contributed by atoms with Crippen LogP contribution in [0.15, 0.2) is 24.3 Å². The van der Waals surface area contributed by atoms with Crippen molar-refractivity contribution in [1.82, 2.24) is 0 Å². The SMILES string of the molecule is OCCCC[C@@H](CO)Cc1ccc(F)cc1. The molecule has 2 nitrogen and oxygen atoms in total. The highest BCUT2D eigenvalue weighted by Gasteiger charge is 2.08. The second-order valence-corrected chi connectivity index (χ2v) is 4.10. The summed E-state index contributed by atoms with van der Waals surface area (Å²) in [5.41, 5.74) is 1.05. The minimum atomic E-state index is -0.232. The highest BCUT2D eigenvalue weighted by molar-refractivity contribution is 5.16. The van der Waals surface area contributed by atoms with Crippen molar-refractivity contribution in [3.05, 3.63) is 35.6 Å². The number of halogens is 1. The standard InChI is InChI=1S/C13H19FO2/c14-13-6-4-11(5-7-13)9-12(10-16)3-1-2-8-15/h4-7,12,15-16H,1-3,8-10H2/t12-/m1/s1. The molecule has 1 rings (SSSR count). The molecule has 16 heavy (non-hydrogen) atoms. The van der Waals surface area contributed by atoms with E-state index < -0.39 is 0 Å². The second kappa shape index (κ2) is 7.36. The Bertz CT molecular complexity index is 284. The van der Waals surface area contributed by atoms with Crippen LogP contribution in [0.3, 0.4) is 0 Å². The smallest absolute Gasteiger partial charge is 0.123 e. The Labute approximate surface area is 95.7 Å². The fraction of sp³-hybridized carbons (Fsp3) is 0.538. The zero-order valence-corrected chi connectivity index (χ0v) is 9.40. The molecule has 0 saturated carbocycles. The molecule has 3 heteroatoms. The summed E-state index contributed by atoms with van der Waals surface area (Å²) in [5.74, 6) is -0.0263. The molecular formula is C13H19FO2. The molecule has 0 aromatic heterocycles. The number of unbranched alkanes of at least 4 members (excludes halogenated alkanes) is 1. The first kappa shape index (κ1) is 13.1. The maximum Gasteiger partial charge on any atom is 0.123 e. The van der Waals surface area contributed by atoms with E-state index in [1.165, 1.54) is 12.1 Å². The van der Waals surface area contributed by atoms with Crippen molar-refractivity contribution in [2.24, 2.45) is 5.92 Å². The van der Waals surface area contributed by atoms with Crippen LogP contribution >= 0.6 is 0 Å². The lowest BCUT2D eigenvalue weighted by atomic mass is 9.95. The van der Waals surface area contributed by atoms with Crippen molar-refractivity contribution in [3.63, 3.8) is 0 Å². The third-order valence-electron chi connectivity index (χ3n) is 2.72. The van der Waals surface area contributed by atoms with Gasteiger partial charge in [0.05, 0.1) is 0 Å². The zero-order chi connectivity index (χ0) is 11.8. The van der Waals surface area contributed by atoms with Gasteiger partial charge < -0.3 is 10.2 Å². The second-order valence-electron chi connectivity index (χ2n) is 4.10. The van der Waals surface area contributed by atoms with Crippen LogP contribution in [0.25, 0.3) is 0 Å². The van der Waals surface area contributed by atoms with E-state index >= 15 is 0 Å². The van der Waals surface area contributed by atoms with Gasteiger partial charge in [-0.25, -0.2) is 4.39 Å². The quantitative estimate of drug-likeness (QED) is 0.699. The molecule has 0 amide bonds. The number of hydrogen-bond donors (Lipinski definition) is 2. The number of hydrogen-bond acceptors (Lipinski definition) is 2. The van der Waals surface area contributed by atoms with Gasteiger partial charge >= 0.3 is 0 Å². The van der Waals surface area contributed by atoms with Crippen LogP contribution in [-0.2, 0) is 6.42 Å². The van der Waals surface area contributed by atoms with Gasteiger partial charge in [-0.15, -0.1) is 0 Å². The minimum absolute atomic E-state index is 0.142. The van der Waals surface area contributed by atoms with E-state index in [1.54, 1.807) is 12.1 Å². The third-order valence-corrected chi connectivity index (χ3v) is 2.72. The van der Waals surface area contributed by atoms with Crippen LogP contribution in [0.5, 0.6) is 0 Å². The first-order chi connectivity index (χ1) is 7.76. The van der Waals surface area contributed by atoms with Gasteiger partial charge in [0.25, 0.3) is 0 Å². The monoisotopic (exact) mass is 226 g/mol. The molecule has 0 fully saturated rings. The Kier molecular flexibility index (Phi) is 6.04. The minimum Gasteiger partial charge on any atom is -0.396 e. The maximum atomic E-state index is 12.7. The fourth-order valence-corrected chi connectivity index (χ4v) is 1.76. The van der Waals surface area contributed by atoms with E-state index in [1.807, 2.05) is 0 Å². The molecule has 1 atom stereocenters. The molecule has 0 aliphatic carbocycles. The molecule has 0 aliphatic heterocycles. The summed E-state index contributed by atoms with van der Waals surface area (Å²) < 4.78 is 12.7. The van der Waals surface area contributed by atoms with Crippen LogP contribution < -0.4 is 0 Å². The summed E-state index contributed by atoms with van der Waals surface area (Å²) >= 11 is 0. The maximum absolute atomic E-state index is 12.7. The van der Waals surface area contributed by atoms with E-state index in [9.17, 15) is 9.50 Å². The predicted molar refractivity (Wildman–Crippen MR) is 61.6 cm³/mol. The number of rotatable bonds is 7. The number of aliphatic hydroxyl groups excluding tert-OH is 2. The molecule has 0 unspecified atom stereocenters. The van der Waals surface area contributed by atoms with E-state index in [2.05, 4.69) is 0 Å². The van der Waals surface area contributed by atoms with Crippen molar-refractivity contribution in [3.8, 4) is 0 Å². The van der Waals surface area contributed by atoms with E-state index in [4.69, 9.17) is 5.11 Å². The largest absolute Gasteiger partial charge is 0.396 e. The first-order valence-corrected chi connectivity index (χ1v) is 5.72. The van der Waals surface area contributed by atoms with Gasteiger partial charge in [-0.2, -0.15) is 0 Å². The lowest BCUT2D eigenvalue weighted by Gasteiger charge is -2.13. The van der Waals surface area contributed by atoms with Crippen molar-refractivity contribution in [2.75, 3.05) is 13.2 Å². The van der Waals surface area contributed by atoms with Crippen LogP contribution in [0.2, 0.25) is 0 Å². The van der Waals surface area contributed by atoms with Crippen LogP contribution in [0.4, 0.5) is 4.39 Å². The summed E-state index contributed by atoms with van der Waals surface area (Å²) in [6, 6.07) is 6.39. The molecule has 0 aliphatic rings. The Morgan fingerprint density at radius 2 is 1.75 bits per heavy atom. The lowest BCUT2D eigenvalue weighted by Crippen LogP contribution is -2.10. The molecule has 2 N–H and O–H groups in total. The Morgan fingerprint density at radius 1 is 1.06 bits per heavy atom. The van der Waals surface area contributed by atoms with Crippen molar-refractivity contribution < 1.29 is 14.6 Å². The summed E-state index contributed by atoms with van der Waals surface area (Å²) in [5, 5.41) is 17.9. The molecule has 1 aromatic rings. The van der Waals surface area contributed by atoms with Gasteiger partial charge in [0.1, 0.15) is 5.82 Å². The first-order valence-electron chi connectivity index (χ1n) is 5.72. The van der Waals surface area contributed by atoms with Gasteiger partial charge in [0.15, 0.2) is 0 Å². The van der Waals surface area contributed by atoms with Gasteiger partial charge in [0.2, 0.25) is 0 Å². The van der Waals surface area contributed by atoms with Gasteiger partial charge in [-0.1, -0.05) is 18.6 Å². The fourth-order valence-electron chi connectivity index (χ4n) is 1.76. The van der Waals surface area contributed by atoms with Crippen molar-refractivity contribution in [2.45, 2.75) is 25.7 Å². The van der Waals surface area contributed by atoms with E-state index in [-0.39, 0.29) is 24.9 Å². The zero-order valence-electron chi connectivity index (χ0n) is 9.40. The molecule has 0 bridgehead atoms. The molecule has 0 heterocycles. The van der Waals surface area contributed by atoms with Gasteiger partial charge in [-0.05, 0) is 42.9 Å². The highest BCUT2D eigenvalue weighted by Crippen LogP contribution is 2.15. The van der Waals surface area contributed by atoms with Crippen molar-refractivity contribution in [1.29, 1.82) is 0 Å². The van der Waals surface area contributed by atoms with Crippen LogP contribution in [0.1, 0.15) is 24.8 Å². The number of benzene rings is 1. The van der Waals surface area contributed by atoms with E-state index in [0.29, 0.717) is 0 Å². The molecule has 90 valence electrons. The lowest BCUT2D eigenvalue weighted by molar-refractivity contribution is 0.209. The summed E-state index contributed by atoms with van der Waals surface area (Å²) in [6.07, 6.45) is 3.36. The average molecular weight is 226 g/mol. The number of aliphatic hydroxyl groups is 2. The summed E-state index contributed by atoms with van der Waals surface area (Å²) in [4.78, 5) is 0. The Morgan fingerprint density at radius 3 is 2.31 bits per heavy atom. The van der Waals surface area contributed by atoms with E-state index in [0.717, 1.165) is 31.2 Å². The summed E-state index contributed by atoms with van der Waals surface area (Å²) in [7, 11) is 0. The molecular weight excluding hydrogens is 207 g/mol. The Balaban J connectivity index is 2.40. The molecule has 0 spiro atoms. The normalized spacial score (nSPS) is 12.7. The highest BCUT2D eigenvalue weighted by atomic mass is 19.1. The molecule has 1 aromatic carbocycles. The predicted octanol–water partition coefficient (Wildman–Crippen LogP) is 2.14. The Hall–Kier alpha value is -0.930. The third kappa shape index (κ3) is 4.73. The molecule has 0 radical (unpaired) electrons.